The van der Waals surface area contributed by atoms with Crippen LogP contribution < -0.4 is 4.74 Å². The number of hydrogen-bond acceptors (Lipinski definition) is 5. The molecular formula is C37H40O5. The van der Waals surface area contributed by atoms with E-state index in [1.807, 2.05) is 49.4 Å². The summed E-state index contributed by atoms with van der Waals surface area (Å²) >= 11 is 0. The fraction of sp³-hybridized carbons (Fsp3) is 0.297. The lowest BCUT2D eigenvalue weighted by molar-refractivity contribution is -0.143. The molecule has 0 amide bonds. The number of ether oxygens (including phenoxy) is 3. The molecule has 0 bridgehead atoms. The maximum Gasteiger partial charge on any atom is 0.338 e. The lowest BCUT2D eigenvalue weighted by Gasteiger charge is -2.15. The van der Waals surface area contributed by atoms with Gasteiger partial charge >= 0.3 is 11.9 Å². The number of hydrogen-bond donors (Lipinski definition) is 0. The van der Waals surface area contributed by atoms with Gasteiger partial charge < -0.3 is 14.2 Å². The van der Waals surface area contributed by atoms with Gasteiger partial charge in [-0.1, -0.05) is 91.4 Å². The first-order valence-corrected chi connectivity index (χ1v) is 14.9. The van der Waals surface area contributed by atoms with Crippen molar-refractivity contribution in [2.45, 2.75) is 52.6 Å². The number of rotatable bonds is 15. The predicted molar refractivity (Wildman–Crippen MR) is 168 cm³/mol. The SMILES string of the molecule is CCOC(=O)CCCCC(C=Cc1ccccc1OCc1cccc2ccccc12)Cc1ccc(C(=O)OCC)cc1. The second kappa shape index (κ2) is 16.2. The number of unbranched alkanes of at least 4 members (excludes halogenated alkanes) is 1. The highest BCUT2D eigenvalue weighted by molar-refractivity contribution is 5.89. The van der Waals surface area contributed by atoms with Gasteiger partial charge in [0.25, 0.3) is 0 Å². The largest absolute Gasteiger partial charge is 0.488 e. The van der Waals surface area contributed by atoms with Gasteiger partial charge in [-0.2, -0.15) is 0 Å². The Morgan fingerprint density at radius 1 is 0.786 bits per heavy atom. The van der Waals surface area contributed by atoms with Gasteiger partial charge in [-0.05, 0) is 79.1 Å². The van der Waals surface area contributed by atoms with Crippen LogP contribution in [0.2, 0.25) is 0 Å². The number of fused-ring (bicyclic) bond motifs is 1. The molecule has 0 aliphatic heterocycles. The van der Waals surface area contributed by atoms with Crippen LogP contribution in [0, 0.1) is 5.92 Å². The Labute approximate surface area is 249 Å². The zero-order valence-electron chi connectivity index (χ0n) is 24.6. The molecule has 0 fully saturated rings. The van der Waals surface area contributed by atoms with E-state index < -0.39 is 0 Å². The first-order valence-electron chi connectivity index (χ1n) is 14.9. The molecule has 0 aliphatic carbocycles. The van der Waals surface area contributed by atoms with E-state index in [0.717, 1.165) is 48.1 Å². The molecule has 0 saturated heterocycles. The summed E-state index contributed by atoms with van der Waals surface area (Å²) in [5.41, 5.74) is 3.87. The molecule has 0 radical (unpaired) electrons. The second-order valence-corrected chi connectivity index (χ2v) is 10.3. The van der Waals surface area contributed by atoms with Crippen molar-refractivity contribution in [1.82, 2.24) is 0 Å². The van der Waals surface area contributed by atoms with Gasteiger partial charge in [0, 0.05) is 12.0 Å². The van der Waals surface area contributed by atoms with E-state index >= 15 is 0 Å². The minimum absolute atomic E-state index is 0.142. The van der Waals surface area contributed by atoms with E-state index in [1.54, 1.807) is 6.92 Å². The number of allylic oxidation sites excluding steroid dienone is 1. The van der Waals surface area contributed by atoms with Crippen molar-refractivity contribution in [3.8, 4) is 5.75 Å². The van der Waals surface area contributed by atoms with Crippen LogP contribution in [-0.4, -0.2) is 25.2 Å². The lowest BCUT2D eigenvalue weighted by Crippen LogP contribution is -2.06. The topological polar surface area (TPSA) is 61.8 Å². The van der Waals surface area contributed by atoms with Crippen molar-refractivity contribution in [3.05, 3.63) is 119 Å². The molecule has 5 heteroatoms. The number of benzene rings is 4. The van der Waals surface area contributed by atoms with E-state index in [4.69, 9.17) is 14.2 Å². The number of para-hydroxylation sites is 1. The Hall–Kier alpha value is -4.38. The zero-order chi connectivity index (χ0) is 29.6. The van der Waals surface area contributed by atoms with Gasteiger partial charge in [-0.25, -0.2) is 4.79 Å². The van der Waals surface area contributed by atoms with Gasteiger partial charge in [-0.3, -0.25) is 4.79 Å². The van der Waals surface area contributed by atoms with Gasteiger partial charge in [0.2, 0.25) is 0 Å². The van der Waals surface area contributed by atoms with Crippen LogP contribution in [-0.2, 0) is 27.3 Å². The summed E-state index contributed by atoms with van der Waals surface area (Å²) in [5.74, 6) is 0.629. The van der Waals surface area contributed by atoms with E-state index in [-0.39, 0.29) is 17.9 Å². The molecule has 0 aromatic heterocycles. The van der Waals surface area contributed by atoms with E-state index in [0.29, 0.717) is 31.8 Å². The lowest BCUT2D eigenvalue weighted by atomic mass is 9.92. The second-order valence-electron chi connectivity index (χ2n) is 10.3. The molecule has 0 heterocycles. The molecule has 0 aliphatic rings. The predicted octanol–water partition coefficient (Wildman–Crippen LogP) is 8.59. The Bertz CT molecular complexity index is 1470. The van der Waals surface area contributed by atoms with Crippen LogP contribution >= 0.6 is 0 Å². The molecule has 218 valence electrons. The standard InChI is InChI=1S/C37H40O5/c1-3-40-36(38)19-10-5-12-28(26-29-21-24-32(25-22-29)37(39)41-4-2)20-23-31-14-7-9-18-35(31)42-27-33-16-11-15-30-13-6-8-17-34(30)33/h6-9,11,13-18,20-25,28H,3-5,10,12,19,26-27H2,1-2H3. The summed E-state index contributed by atoms with van der Waals surface area (Å²) in [6.45, 7) is 4.88. The summed E-state index contributed by atoms with van der Waals surface area (Å²) in [6, 6.07) is 30.4. The number of carbonyl (C=O) groups is 2. The van der Waals surface area contributed by atoms with Gasteiger partial charge in [0.1, 0.15) is 12.4 Å². The molecule has 0 N–H and O–H groups in total. The molecule has 0 saturated carbocycles. The summed E-state index contributed by atoms with van der Waals surface area (Å²) in [6.07, 6.45) is 8.25. The van der Waals surface area contributed by atoms with E-state index in [1.165, 1.54) is 10.8 Å². The maximum atomic E-state index is 12.1. The van der Waals surface area contributed by atoms with Crippen molar-refractivity contribution < 1.29 is 23.8 Å². The molecule has 1 unspecified atom stereocenters. The van der Waals surface area contributed by atoms with Gasteiger partial charge in [0.05, 0.1) is 18.8 Å². The van der Waals surface area contributed by atoms with Crippen molar-refractivity contribution in [3.63, 3.8) is 0 Å². The monoisotopic (exact) mass is 564 g/mol. The highest BCUT2D eigenvalue weighted by Gasteiger charge is 2.11. The first kappa shape index (κ1) is 30.6. The minimum Gasteiger partial charge on any atom is -0.488 e. The Morgan fingerprint density at radius 3 is 2.33 bits per heavy atom. The number of carbonyl (C=O) groups excluding carboxylic acids is 2. The summed E-state index contributed by atoms with van der Waals surface area (Å²) in [4.78, 5) is 23.9. The van der Waals surface area contributed by atoms with Crippen LogP contribution in [0.1, 0.15) is 66.6 Å². The Balaban J connectivity index is 1.46. The fourth-order valence-corrected chi connectivity index (χ4v) is 5.03. The van der Waals surface area contributed by atoms with Crippen LogP contribution in [0.4, 0.5) is 0 Å². The molecule has 1 atom stereocenters. The molecule has 4 rings (SSSR count). The van der Waals surface area contributed by atoms with E-state index in [2.05, 4.69) is 60.7 Å². The molecule has 4 aromatic carbocycles. The van der Waals surface area contributed by atoms with Crippen molar-refractivity contribution in [1.29, 1.82) is 0 Å². The molecule has 42 heavy (non-hydrogen) atoms. The van der Waals surface area contributed by atoms with Crippen LogP contribution in [0.25, 0.3) is 16.8 Å². The number of esters is 2. The Kier molecular flexibility index (Phi) is 11.8. The maximum absolute atomic E-state index is 12.1. The van der Waals surface area contributed by atoms with Gasteiger partial charge in [0.15, 0.2) is 0 Å². The normalized spacial score (nSPS) is 11.9. The summed E-state index contributed by atoms with van der Waals surface area (Å²) in [5, 5.41) is 2.40. The summed E-state index contributed by atoms with van der Waals surface area (Å²) in [7, 11) is 0. The smallest absolute Gasteiger partial charge is 0.338 e. The van der Waals surface area contributed by atoms with Crippen molar-refractivity contribution >= 4 is 28.8 Å². The quantitative estimate of drug-likeness (QED) is 0.107. The van der Waals surface area contributed by atoms with Gasteiger partial charge in [-0.15, -0.1) is 0 Å². The van der Waals surface area contributed by atoms with Crippen molar-refractivity contribution in [2.75, 3.05) is 13.2 Å². The Morgan fingerprint density at radius 2 is 1.52 bits per heavy atom. The van der Waals surface area contributed by atoms with Crippen LogP contribution in [0.5, 0.6) is 5.75 Å². The first-order chi connectivity index (χ1) is 20.6. The molecule has 5 nitrogen and oxygen atoms in total. The fourth-order valence-electron chi connectivity index (χ4n) is 5.03. The van der Waals surface area contributed by atoms with Crippen LogP contribution in [0.3, 0.4) is 0 Å². The highest BCUT2D eigenvalue weighted by atomic mass is 16.5. The minimum atomic E-state index is -0.306. The van der Waals surface area contributed by atoms with E-state index in [9.17, 15) is 9.59 Å². The average Bonchev–Trinajstić information content (AvgIpc) is 3.01. The van der Waals surface area contributed by atoms with Crippen molar-refractivity contribution in [2.24, 2.45) is 5.92 Å². The average molecular weight is 565 g/mol. The molecule has 0 spiro atoms. The van der Waals surface area contributed by atoms with Crippen LogP contribution in [0.15, 0.2) is 97.1 Å². The third-order valence-electron chi connectivity index (χ3n) is 7.20. The third-order valence-corrected chi connectivity index (χ3v) is 7.20. The third kappa shape index (κ3) is 9.07. The molecule has 4 aromatic rings. The summed E-state index contributed by atoms with van der Waals surface area (Å²) < 4.78 is 16.5. The zero-order valence-corrected chi connectivity index (χ0v) is 24.6. The molecular weight excluding hydrogens is 524 g/mol. The highest BCUT2D eigenvalue weighted by Crippen LogP contribution is 2.26.